The summed E-state index contributed by atoms with van der Waals surface area (Å²) >= 11 is 0. The van der Waals surface area contributed by atoms with Crippen molar-refractivity contribution < 1.29 is 13.2 Å². The van der Waals surface area contributed by atoms with E-state index in [1.807, 2.05) is 17.4 Å². The summed E-state index contributed by atoms with van der Waals surface area (Å²) in [5.41, 5.74) is 1.71. The van der Waals surface area contributed by atoms with Gasteiger partial charge in [-0.1, -0.05) is 0 Å². The van der Waals surface area contributed by atoms with Gasteiger partial charge in [-0.3, -0.25) is 4.40 Å². The first-order valence-electron chi connectivity index (χ1n) is 7.70. The largest absolute Gasteiger partial charge is 0.493 e. The highest BCUT2D eigenvalue weighted by molar-refractivity contribution is 7.86. The molecule has 24 heavy (non-hydrogen) atoms. The third kappa shape index (κ3) is 2.92. The molecule has 0 spiro atoms. The average molecular weight is 354 g/mol. The van der Waals surface area contributed by atoms with Crippen LogP contribution in [0.1, 0.15) is 18.5 Å². The van der Waals surface area contributed by atoms with Crippen LogP contribution in [0.25, 0.3) is 5.65 Å². The predicted molar refractivity (Wildman–Crippen MR) is 90.4 cm³/mol. The Balaban J connectivity index is 1.85. The maximum atomic E-state index is 11.5. The van der Waals surface area contributed by atoms with Crippen LogP contribution < -0.4 is 14.8 Å². The number of nitrogens with two attached hydrogens (primary N) is 1. The van der Waals surface area contributed by atoms with E-state index in [9.17, 15) is 8.42 Å². The van der Waals surface area contributed by atoms with Gasteiger partial charge in [0.05, 0.1) is 7.11 Å². The molecule has 0 unspecified atom stereocenters. The maximum absolute atomic E-state index is 11.5. The second-order valence-corrected chi connectivity index (χ2v) is 7.57. The first kappa shape index (κ1) is 16.9. The molecule has 2 N–H and O–H groups in total. The van der Waals surface area contributed by atoms with Crippen LogP contribution in [0.3, 0.4) is 0 Å². The van der Waals surface area contributed by atoms with E-state index in [1.54, 1.807) is 7.11 Å². The highest BCUT2D eigenvalue weighted by Gasteiger charge is 2.29. The summed E-state index contributed by atoms with van der Waals surface area (Å²) in [6.07, 6.45) is 2.90. The molecule has 0 aromatic carbocycles. The number of anilines is 1. The molecule has 0 amide bonds. The molecule has 2 aromatic rings. The fourth-order valence-electron chi connectivity index (χ4n) is 3.17. The van der Waals surface area contributed by atoms with Gasteiger partial charge in [0.2, 0.25) is 5.95 Å². The quantitative estimate of drug-likeness (QED) is 0.838. The second-order valence-electron chi connectivity index (χ2n) is 5.97. The van der Waals surface area contributed by atoms with Crippen molar-refractivity contribution in [1.82, 2.24) is 18.7 Å². The molecule has 10 heteroatoms. The molecule has 0 aliphatic carbocycles. The number of aromatic nitrogens is 3. The summed E-state index contributed by atoms with van der Waals surface area (Å²) in [5, 5.41) is 5.21. The van der Waals surface area contributed by atoms with Crippen LogP contribution in [0.5, 0.6) is 5.75 Å². The van der Waals surface area contributed by atoms with Crippen molar-refractivity contribution in [1.29, 1.82) is 0 Å². The van der Waals surface area contributed by atoms with E-state index in [4.69, 9.17) is 9.88 Å². The second kappa shape index (κ2) is 6.19. The van der Waals surface area contributed by atoms with E-state index in [0.717, 1.165) is 17.3 Å². The molecular formula is C14H22N6O3S. The monoisotopic (exact) mass is 354 g/mol. The molecule has 2 aromatic heterocycles. The number of nitrogens with zero attached hydrogens (tertiary/aromatic N) is 5. The summed E-state index contributed by atoms with van der Waals surface area (Å²) in [4.78, 5) is 10.9. The minimum atomic E-state index is -3.66. The molecule has 3 rings (SSSR count). The Morgan fingerprint density at radius 3 is 2.58 bits per heavy atom. The summed E-state index contributed by atoms with van der Waals surface area (Å²) in [6, 6.07) is 1.84. The average Bonchev–Trinajstić information content (AvgIpc) is 2.90. The minimum absolute atomic E-state index is 0.0890. The zero-order valence-corrected chi connectivity index (χ0v) is 14.8. The van der Waals surface area contributed by atoms with Gasteiger partial charge in [-0.05, 0) is 19.8 Å². The highest BCUT2D eigenvalue weighted by Crippen LogP contribution is 2.28. The Hall–Kier alpha value is -1.91. The molecule has 3 heterocycles. The van der Waals surface area contributed by atoms with Crippen LogP contribution in [-0.4, -0.2) is 60.4 Å². The van der Waals surface area contributed by atoms with Crippen molar-refractivity contribution in [3.8, 4) is 5.75 Å². The van der Waals surface area contributed by atoms with Gasteiger partial charge in [-0.25, -0.2) is 15.1 Å². The Labute approximate surface area is 141 Å². The Morgan fingerprint density at radius 1 is 1.33 bits per heavy atom. The number of fused-ring (bicyclic) bond motifs is 1. The van der Waals surface area contributed by atoms with E-state index in [0.29, 0.717) is 31.7 Å². The standard InChI is InChI=1S/C14H22N6O3S/c1-10-8-12(23-3)13-16-9-17-14(20(10)13)19-6-4-11(5-7-19)18(2)24(15,21)22/h8-9,11H,4-7H2,1-3H3,(H2,15,21,22). The number of ether oxygens (including phenoxy) is 1. The van der Waals surface area contributed by atoms with Crippen LogP contribution in [-0.2, 0) is 10.2 Å². The fourth-order valence-corrected chi connectivity index (χ4v) is 3.80. The number of methoxy groups -OCH3 is 1. The van der Waals surface area contributed by atoms with Gasteiger partial charge in [0.25, 0.3) is 10.2 Å². The summed E-state index contributed by atoms with van der Waals surface area (Å²) in [6.45, 7) is 3.36. The lowest BCUT2D eigenvalue weighted by molar-refractivity contribution is 0.311. The molecule has 0 atom stereocenters. The van der Waals surface area contributed by atoms with Gasteiger partial charge in [0, 0.05) is 37.9 Å². The summed E-state index contributed by atoms with van der Waals surface area (Å²) < 4.78 is 31.6. The van der Waals surface area contributed by atoms with Gasteiger partial charge in [-0.2, -0.15) is 12.7 Å². The van der Waals surface area contributed by atoms with E-state index in [-0.39, 0.29) is 6.04 Å². The lowest BCUT2D eigenvalue weighted by atomic mass is 10.1. The molecule has 0 bridgehead atoms. The lowest BCUT2D eigenvalue weighted by Gasteiger charge is -2.36. The van der Waals surface area contributed by atoms with E-state index in [1.165, 1.54) is 17.7 Å². The number of hydrogen-bond acceptors (Lipinski definition) is 6. The van der Waals surface area contributed by atoms with Crippen molar-refractivity contribution >= 4 is 21.8 Å². The Bertz CT molecular complexity index is 842. The SMILES string of the molecule is COc1cc(C)n2c(N3CCC(N(C)S(N)(=O)=O)CC3)ncnc12. The minimum Gasteiger partial charge on any atom is -0.493 e. The van der Waals surface area contributed by atoms with Crippen molar-refractivity contribution in [2.75, 3.05) is 32.1 Å². The Morgan fingerprint density at radius 2 is 2.00 bits per heavy atom. The number of aryl methyl sites for hydroxylation is 1. The molecule has 1 saturated heterocycles. The normalized spacial score (nSPS) is 17.0. The van der Waals surface area contributed by atoms with Gasteiger partial charge in [-0.15, -0.1) is 0 Å². The van der Waals surface area contributed by atoms with Crippen LogP contribution in [0.15, 0.2) is 12.4 Å². The third-order valence-electron chi connectivity index (χ3n) is 4.56. The maximum Gasteiger partial charge on any atom is 0.276 e. The van der Waals surface area contributed by atoms with E-state index < -0.39 is 10.2 Å². The van der Waals surface area contributed by atoms with Gasteiger partial charge in [0.15, 0.2) is 11.4 Å². The molecule has 1 fully saturated rings. The third-order valence-corrected chi connectivity index (χ3v) is 5.66. The summed E-state index contributed by atoms with van der Waals surface area (Å²) in [7, 11) is -0.515. The van der Waals surface area contributed by atoms with Crippen LogP contribution >= 0.6 is 0 Å². The molecule has 0 saturated carbocycles. The molecule has 1 aliphatic rings. The summed E-state index contributed by atoms with van der Waals surface area (Å²) in [5.74, 6) is 1.50. The Kier molecular flexibility index (Phi) is 4.37. The van der Waals surface area contributed by atoms with E-state index >= 15 is 0 Å². The molecule has 1 aliphatic heterocycles. The zero-order valence-electron chi connectivity index (χ0n) is 14.0. The smallest absolute Gasteiger partial charge is 0.276 e. The van der Waals surface area contributed by atoms with Crippen LogP contribution in [0.2, 0.25) is 0 Å². The number of hydrogen-bond donors (Lipinski definition) is 1. The predicted octanol–water partition coefficient (Wildman–Crippen LogP) is 0.150. The van der Waals surface area contributed by atoms with Crippen molar-refractivity contribution in [2.45, 2.75) is 25.8 Å². The highest BCUT2D eigenvalue weighted by atomic mass is 32.2. The first-order valence-corrected chi connectivity index (χ1v) is 9.21. The van der Waals surface area contributed by atoms with Crippen molar-refractivity contribution in [3.05, 3.63) is 18.1 Å². The van der Waals surface area contributed by atoms with Gasteiger partial charge >= 0.3 is 0 Å². The number of piperidine rings is 1. The van der Waals surface area contributed by atoms with Gasteiger partial charge in [0.1, 0.15) is 6.33 Å². The molecule has 9 nitrogen and oxygen atoms in total. The van der Waals surface area contributed by atoms with Crippen LogP contribution in [0.4, 0.5) is 5.95 Å². The lowest BCUT2D eigenvalue weighted by Crippen LogP contribution is -2.48. The fraction of sp³-hybridized carbons (Fsp3) is 0.571. The molecule has 132 valence electrons. The molecular weight excluding hydrogens is 332 g/mol. The van der Waals surface area contributed by atoms with Crippen LogP contribution in [0, 0.1) is 6.92 Å². The van der Waals surface area contributed by atoms with Gasteiger partial charge < -0.3 is 9.64 Å². The van der Waals surface area contributed by atoms with Crippen molar-refractivity contribution in [2.24, 2.45) is 5.14 Å². The van der Waals surface area contributed by atoms with E-state index in [2.05, 4.69) is 14.9 Å². The zero-order chi connectivity index (χ0) is 17.5. The topological polar surface area (TPSA) is 106 Å². The van der Waals surface area contributed by atoms with Crippen molar-refractivity contribution in [3.63, 3.8) is 0 Å². The first-order chi connectivity index (χ1) is 11.3. The number of rotatable bonds is 4. The molecule has 0 radical (unpaired) electrons.